The number of halogens is 1. The molecule has 0 unspecified atom stereocenters. The van der Waals surface area contributed by atoms with Gasteiger partial charge in [-0.2, -0.15) is 0 Å². The summed E-state index contributed by atoms with van der Waals surface area (Å²) in [7, 11) is 0. The molecule has 26 heavy (non-hydrogen) atoms. The molecule has 3 aliphatic carbocycles. The van der Waals surface area contributed by atoms with E-state index in [-0.39, 0.29) is 22.0 Å². The molecule has 0 radical (unpaired) electrons. The molecule has 0 aromatic carbocycles. The van der Waals surface area contributed by atoms with Crippen molar-refractivity contribution in [3.63, 3.8) is 0 Å². The van der Waals surface area contributed by atoms with E-state index in [1.807, 2.05) is 0 Å². The Kier molecular flexibility index (Phi) is 4.58. The summed E-state index contributed by atoms with van der Waals surface area (Å²) < 4.78 is 12.5. The van der Waals surface area contributed by atoms with Gasteiger partial charge in [-0.05, 0) is 61.5 Å². The Labute approximate surface area is 163 Å². The predicted octanol–water partition coefficient (Wildman–Crippen LogP) is 5.82. The molecule has 3 atom stereocenters. The number of hydrogen-bond acceptors (Lipinski definition) is 2. The molecule has 4 aliphatic rings. The minimum atomic E-state index is -0.389. The van der Waals surface area contributed by atoms with Crippen LogP contribution in [0.1, 0.15) is 65.7 Å². The molecule has 1 heterocycles. The van der Waals surface area contributed by atoms with Crippen LogP contribution >= 0.6 is 11.6 Å². The quantitative estimate of drug-likeness (QED) is 0.393. The van der Waals surface area contributed by atoms with E-state index in [0.717, 1.165) is 32.5 Å². The van der Waals surface area contributed by atoms with Crippen molar-refractivity contribution in [2.24, 2.45) is 22.2 Å². The maximum atomic E-state index is 6.24. The standard InChI is InChI=1S/C23H31ClO2/c1-20(2)18-9-12-22(11-6-7-15-24)10-5-4-8-19(22)21(18,3)13-14-23(20)25-16-17-26-23/h7-8,15,18H,4-5,9-10,12-14,16-17H2,1-3H3/t18-,21-,22-/m0/s1. The van der Waals surface area contributed by atoms with E-state index in [4.69, 9.17) is 21.1 Å². The van der Waals surface area contributed by atoms with Crippen molar-refractivity contribution in [2.45, 2.75) is 71.5 Å². The average molecular weight is 375 g/mol. The summed E-state index contributed by atoms with van der Waals surface area (Å²) in [6.45, 7) is 8.70. The zero-order chi connectivity index (χ0) is 18.5. The third-order valence-corrected chi connectivity index (χ3v) is 8.08. The first kappa shape index (κ1) is 18.6. The third kappa shape index (κ3) is 2.47. The van der Waals surface area contributed by atoms with Gasteiger partial charge in [0.05, 0.1) is 18.6 Å². The lowest BCUT2D eigenvalue weighted by Crippen LogP contribution is -2.61. The Bertz CT molecular complexity index is 689. The van der Waals surface area contributed by atoms with Crippen LogP contribution in [0, 0.1) is 34.0 Å². The molecule has 0 aromatic rings. The third-order valence-electron chi connectivity index (χ3n) is 7.95. The molecule has 0 amide bonds. The van der Waals surface area contributed by atoms with E-state index in [1.165, 1.54) is 31.2 Å². The van der Waals surface area contributed by atoms with Crippen molar-refractivity contribution < 1.29 is 9.47 Å². The number of hydrogen-bond donors (Lipinski definition) is 0. The highest BCUT2D eigenvalue weighted by Gasteiger charge is 2.65. The molecule has 0 N–H and O–H groups in total. The average Bonchev–Trinajstić information content (AvgIpc) is 3.10. The van der Waals surface area contributed by atoms with Crippen LogP contribution in [0.15, 0.2) is 23.3 Å². The Morgan fingerprint density at radius 2 is 1.88 bits per heavy atom. The molecule has 3 heteroatoms. The highest BCUT2D eigenvalue weighted by molar-refractivity contribution is 6.25. The van der Waals surface area contributed by atoms with Crippen molar-refractivity contribution >= 4 is 11.6 Å². The van der Waals surface area contributed by atoms with Gasteiger partial charge < -0.3 is 9.47 Å². The highest BCUT2D eigenvalue weighted by atomic mass is 35.5. The van der Waals surface area contributed by atoms with E-state index in [1.54, 1.807) is 11.6 Å². The van der Waals surface area contributed by atoms with Gasteiger partial charge in [-0.1, -0.05) is 50.3 Å². The first-order chi connectivity index (χ1) is 12.4. The van der Waals surface area contributed by atoms with E-state index in [2.05, 4.69) is 38.7 Å². The fraction of sp³-hybridized carbons (Fsp3) is 0.739. The van der Waals surface area contributed by atoms with E-state index in [9.17, 15) is 0 Å². The molecular weight excluding hydrogens is 344 g/mol. The molecule has 1 spiro atoms. The second-order valence-corrected chi connectivity index (χ2v) is 9.59. The molecule has 3 fully saturated rings. The summed E-state index contributed by atoms with van der Waals surface area (Å²) in [5.41, 5.74) is 3.35. The van der Waals surface area contributed by atoms with Gasteiger partial charge in [-0.15, -0.1) is 0 Å². The minimum absolute atomic E-state index is 0.00438. The van der Waals surface area contributed by atoms with Crippen molar-refractivity contribution in [2.75, 3.05) is 13.2 Å². The molecule has 4 rings (SSSR count). The van der Waals surface area contributed by atoms with Crippen molar-refractivity contribution in [1.82, 2.24) is 0 Å². The van der Waals surface area contributed by atoms with E-state index in [0.29, 0.717) is 5.92 Å². The summed E-state index contributed by atoms with van der Waals surface area (Å²) in [6.07, 6.45) is 12.3. The van der Waals surface area contributed by atoms with E-state index < -0.39 is 0 Å². The van der Waals surface area contributed by atoms with Crippen LogP contribution in [0.4, 0.5) is 0 Å². The molecule has 2 nitrogen and oxygen atoms in total. The number of allylic oxidation sites excluding steroid dienone is 3. The lowest BCUT2D eigenvalue weighted by atomic mass is 9.43. The molecular formula is C23H31ClO2. The van der Waals surface area contributed by atoms with Crippen LogP contribution in [0.5, 0.6) is 0 Å². The fourth-order valence-electron chi connectivity index (χ4n) is 6.77. The van der Waals surface area contributed by atoms with Crippen LogP contribution in [0.3, 0.4) is 0 Å². The number of ether oxygens (including phenoxy) is 2. The second-order valence-electron chi connectivity index (χ2n) is 9.33. The predicted molar refractivity (Wildman–Crippen MR) is 106 cm³/mol. The smallest absolute Gasteiger partial charge is 0.173 e. The maximum absolute atomic E-state index is 6.24. The van der Waals surface area contributed by atoms with Crippen molar-refractivity contribution in [1.29, 1.82) is 0 Å². The Balaban J connectivity index is 1.75. The van der Waals surface area contributed by atoms with Gasteiger partial charge in [-0.3, -0.25) is 0 Å². The van der Waals surface area contributed by atoms with Crippen molar-refractivity contribution in [3.8, 4) is 11.8 Å². The molecule has 0 bridgehead atoms. The Morgan fingerprint density at radius 1 is 1.12 bits per heavy atom. The molecule has 142 valence electrons. The zero-order valence-electron chi connectivity index (χ0n) is 16.4. The SMILES string of the molecule is CC1(C)[C@@H]2CC[C@@]3(C#CC=CCl)CCCC=C3[C@@]2(C)CCC12OCCO2. The van der Waals surface area contributed by atoms with E-state index >= 15 is 0 Å². The van der Waals surface area contributed by atoms with Crippen LogP contribution in [0.2, 0.25) is 0 Å². The molecule has 0 aromatic heterocycles. The normalized spacial score (nSPS) is 40.5. The van der Waals surface area contributed by atoms with Gasteiger partial charge in [0, 0.05) is 17.4 Å². The lowest BCUT2D eigenvalue weighted by molar-refractivity contribution is -0.284. The van der Waals surface area contributed by atoms with Crippen LogP contribution in [-0.2, 0) is 9.47 Å². The monoisotopic (exact) mass is 374 g/mol. The van der Waals surface area contributed by atoms with Gasteiger partial charge in [0.25, 0.3) is 0 Å². The molecule has 2 saturated carbocycles. The van der Waals surface area contributed by atoms with Crippen LogP contribution in [-0.4, -0.2) is 19.0 Å². The Hall–Kier alpha value is -0.750. The van der Waals surface area contributed by atoms with Crippen LogP contribution in [0.25, 0.3) is 0 Å². The summed E-state index contributed by atoms with van der Waals surface area (Å²) >= 11 is 5.71. The van der Waals surface area contributed by atoms with Gasteiger partial charge >= 0.3 is 0 Å². The van der Waals surface area contributed by atoms with Crippen molar-refractivity contribution in [3.05, 3.63) is 23.3 Å². The first-order valence-corrected chi connectivity index (χ1v) is 10.6. The van der Waals surface area contributed by atoms with Gasteiger partial charge in [0.15, 0.2) is 5.79 Å². The minimum Gasteiger partial charge on any atom is -0.347 e. The maximum Gasteiger partial charge on any atom is 0.173 e. The summed E-state index contributed by atoms with van der Waals surface area (Å²) in [5, 5.41) is 0. The first-order valence-electron chi connectivity index (χ1n) is 10.2. The molecule has 1 saturated heterocycles. The molecule has 1 aliphatic heterocycles. The fourth-order valence-corrected chi connectivity index (χ4v) is 6.83. The van der Waals surface area contributed by atoms with Crippen LogP contribution < -0.4 is 0 Å². The lowest BCUT2D eigenvalue weighted by Gasteiger charge is -2.64. The number of rotatable bonds is 0. The summed E-state index contributed by atoms with van der Waals surface area (Å²) in [4.78, 5) is 0. The topological polar surface area (TPSA) is 18.5 Å². The van der Waals surface area contributed by atoms with Gasteiger partial charge in [-0.25, -0.2) is 0 Å². The summed E-state index contributed by atoms with van der Waals surface area (Å²) in [6, 6.07) is 0. The highest BCUT2D eigenvalue weighted by Crippen LogP contribution is 2.68. The largest absolute Gasteiger partial charge is 0.347 e. The summed E-state index contributed by atoms with van der Waals surface area (Å²) in [5.74, 6) is 7.03. The zero-order valence-corrected chi connectivity index (χ0v) is 17.1. The Morgan fingerprint density at radius 3 is 2.62 bits per heavy atom. The number of fused-ring (bicyclic) bond motifs is 3. The second kappa shape index (κ2) is 6.40. The van der Waals surface area contributed by atoms with Gasteiger partial charge in [0.1, 0.15) is 0 Å². The van der Waals surface area contributed by atoms with Gasteiger partial charge in [0.2, 0.25) is 0 Å².